The van der Waals surface area contributed by atoms with Gasteiger partial charge in [0, 0.05) is 0 Å². The summed E-state index contributed by atoms with van der Waals surface area (Å²) in [5, 5.41) is 0. The van der Waals surface area contributed by atoms with E-state index in [0.29, 0.717) is 0 Å². The quantitative estimate of drug-likeness (QED) is 0.389. The van der Waals surface area contributed by atoms with E-state index in [1.165, 1.54) is 8.92 Å². The van der Waals surface area contributed by atoms with Crippen molar-refractivity contribution >= 4 is 50.3 Å². The predicted molar refractivity (Wildman–Crippen MR) is 113 cm³/mol. The SMILES string of the molecule is CN(C)c1ccc(C(=O)C([Se]c2ccccc2)[Se]c2ccccc2)cc1. The van der Waals surface area contributed by atoms with Crippen LogP contribution in [-0.4, -0.2) is 49.8 Å². The van der Waals surface area contributed by atoms with Gasteiger partial charge in [0.25, 0.3) is 0 Å². The van der Waals surface area contributed by atoms with Gasteiger partial charge in [-0.1, -0.05) is 0 Å². The molecule has 0 atom stereocenters. The van der Waals surface area contributed by atoms with Gasteiger partial charge in [0.15, 0.2) is 0 Å². The van der Waals surface area contributed by atoms with Gasteiger partial charge in [-0.3, -0.25) is 0 Å². The van der Waals surface area contributed by atoms with E-state index in [1.807, 2.05) is 55.4 Å². The van der Waals surface area contributed by atoms with Crippen LogP contribution in [0.15, 0.2) is 84.9 Å². The van der Waals surface area contributed by atoms with Crippen molar-refractivity contribution in [1.29, 1.82) is 0 Å². The van der Waals surface area contributed by atoms with Crippen LogP contribution >= 0.6 is 0 Å². The normalized spacial score (nSPS) is 10.7. The summed E-state index contributed by atoms with van der Waals surface area (Å²) in [6.07, 6.45) is 0. The molecule has 132 valence electrons. The Morgan fingerprint density at radius 2 is 1.19 bits per heavy atom. The van der Waals surface area contributed by atoms with Crippen LogP contribution in [0.4, 0.5) is 5.69 Å². The van der Waals surface area contributed by atoms with Crippen LogP contribution in [-0.2, 0) is 0 Å². The molecule has 0 saturated carbocycles. The molecule has 0 aliphatic rings. The zero-order valence-electron chi connectivity index (χ0n) is 14.8. The van der Waals surface area contributed by atoms with Crippen LogP contribution < -0.4 is 13.8 Å². The number of hydrogen-bond acceptors (Lipinski definition) is 2. The molecule has 0 radical (unpaired) electrons. The number of hydrogen-bond donors (Lipinski definition) is 0. The van der Waals surface area contributed by atoms with Crippen LogP contribution in [0.3, 0.4) is 0 Å². The monoisotopic (exact) mass is 475 g/mol. The molecular weight excluding hydrogens is 452 g/mol. The minimum atomic E-state index is 0.0602. The van der Waals surface area contributed by atoms with Gasteiger partial charge >= 0.3 is 168 Å². The second kappa shape index (κ2) is 9.21. The summed E-state index contributed by atoms with van der Waals surface area (Å²) < 4.78 is 2.62. The molecule has 0 fully saturated rings. The van der Waals surface area contributed by atoms with Crippen molar-refractivity contribution < 1.29 is 4.79 Å². The molecule has 0 bridgehead atoms. The summed E-state index contributed by atoms with van der Waals surface area (Å²) in [7, 11) is 4.02. The van der Waals surface area contributed by atoms with Gasteiger partial charge in [0.05, 0.1) is 0 Å². The van der Waals surface area contributed by atoms with Crippen molar-refractivity contribution in [3.05, 3.63) is 90.5 Å². The van der Waals surface area contributed by atoms with Crippen LogP contribution in [0.5, 0.6) is 0 Å². The van der Waals surface area contributed by atoms with Gasteiger partial charge in [0.2, 0.25) is 0 Å². The summed E-state index contributed by atoms with van der Waals surface area (Å²) >= 11 is 0.239. The number of Topliss-reactive ketones (excluding diaryl/α,β-unsaturated/α-hetero) is 1. The van der Waals surface area contributed by atoms with Gasteiger partial charge < -0.3 is 0 Å². The molecule has 0 spiro atoms. The Bertz CT molecular complexity index is 792. The number of nitrogens with zero attached hydrogens (tertiary/aromatic N) is 1. The average Bonchev–Trinajstić information content (AvgIpc) is 2.68. The summed E-state index contributed by atoms with van der Waals surface area (Å²) in [5.74, 6) is 0.267. The molecule has 0 amide bonds. The first-order valence-electron chi connectivity index (χ1n) is 8.38. The third-order valence-electron chi connectivity index (χ3n) is 3.85. The topological polar surface area (TPSA) is 20.3 Å². The van der Waals surface area contributed by atoms with E-state index in [9.17, 15) is 4.79 Å². The van der Waals surface area contributed by atoms with Crippen molar-refractivity contribution in [2.24, 2.45) is 0 Å². The number of anilines is 1. The molecule has 0 aliphatic carbocycles. The number of rotatable bonds is 7. The van der Waals surface area contributed by atoms with Crippen LogP contribution in [0.25, 0.3) is 0 Å². The second-order valence-electron chi connectivity index (χ2n) is 6.00. The maximum atomic E-state index is 13.3. The molecule has 0 N–H and O–H groups in total. The molecule has 0 heterocycles. The summed E-state index contributed by atoms with van der Waals surface area (Å²) in [6, 6.07) is 28.8. The van der Waals surface area contributed by atoms with E-state index in [0.717, 1.165) is 11.3 Å². The van der Waals surface area contributed by atoms with E-state index in [2.05, 4.69) is 48.5 Å². The first-order valence-corrected chi connectivity index (χ1v) is 12.1. The standard InChI is InChI=1S/C22H21NOSe2/c1-23(2)18-15-13-17(14-16-18)21(24)22(25-19-9-5-3-6-10-19)26-20-11-7-4-8-12-20/h3-16,22H,1-2H3. The van der Waals surface area contributed by atoms with Crippen molar-refractivity contribution in [2.45, 2.75) is 3.71 Å². The number of carbonyl (C=O) groups excluding carboxylic acids is 1. The fourth-order valence-corrected chi connectivity index (χ4v) is 8.86. The van der Waals surface area contributed by atoms with Crippen LogP contribution in [0.1, 0.15) is 10.4 Å². The molecule has 26 heavy (non-hydrogen) atoms. The Morgan fingerprint density at radius 3 is 1.62 bits per heavy atom. The first kappa shape index (κ1) is 18.9. The van der Waals surface area contributed by atoms with Gasteiger partial charge in [0.1, 0.15) is 0 Å². The van der Waals surface area contributed by atoms with E-state index < -0.39 is 0 Å². The van der Waals surface area contributed by atoms with Crippen molar-refractivity contribution in [3.8, 4) is 0 Å². The molecule has 0 saturated heterocycles. The van der Waals surface area contributed by atoms with Crippen LogP contribution in [0, 0.1) is 0 Å². The molecule has 3 rings (SSSR count). The van der Waals surface area contributed by atoms with Crippen molar-refractivity contribution in [2.75, 3.05) is 19.0 Å². The summed E-state index contributed by atoms with van der Waals surface area (Å²) in [5.41, 5.74) is 1.93. The number of benzene rings is 3. The zero-order valence-corrected chi connectivity index (χ0v) is 18.3. The Hall–Kier alpha value is -1.83. The fraction of sp³-hybridized carbons (Fsp3) is 0.136. The third-order valence-corrected chi connectivity index (χ3v) is 10.0. The zero-order chi connectivity index (χ0) is 18.4. The van der Waals surface area contributed by atoms with E-state index >= 15 is 0 Å². The molecule has 3 aromatic rings. The molecule has 0 unspecified atom stereocenters. The van der Waals surface area contributed by atoms with Gasteiger partial charge in [-0.15, -0.1) is 0 Å². The fourth-order valence-electron chi connectivity index (χ4n) is 2.44. The number of carbonyl (C=O) groups is 1. The van der Waals surface area contributed by atoms with Crippen molar-refractivity contribution in [3.63, 3.8) is 0 Å². The van der Waals surface area contributed by atoms with E-state index in [4.69, 9.17) is 0 Å². The number of ketones is 1. The Labute approximate surface area is 167 Å². The summed E-state index contributed by atoms with van der Waals surface area (Å²) in [6.45, 7) is 0. The molecular formula is C22H21NOSe2. The van der Waals surface area contributed by atoms with Gasteiger partial charge in [-0.2, -0.15) is 0 Å². The Morgan fingerprint density at radius 1 is 0.731 bits per heavy atom. The Kier molecular flexibility index (Phi) is 6.71. The maximum absolute atomic E-state index is 13.3. The first-order chi connectivity index (χ1) is 12.6. The minimum absolute atomic E-state index is 0.0602. The second-order valence-corrected chi connectivity index (χ2v) is 12.5. The Balaban J connectivity index is 1.84. The van der Waals surface area contributed by atoms with Gasteiger partial charge in [-0.05, 0) is 0 Å². The van der Waals surface area contributed by atoms with Gasteiger partial charge in [-0.25, -0.2) is 0 Å². The van der Waals surface area contributed by atoms with E-state index in [1.54, 1.807) is 0 Å². The van der Waals surface area contributed by atoms with E-state index in [-0.39, 0.29) is 39.4 Å². The molecule has 0 aliphatic heterocycles. The summed E-state index contributed by atoms with van der Waals surface area (Å²) in [4.78, 5) is 15.3. The molecule has 0 aromatic heterocycles. The third kappa shape index (κ3) is 5.09. The molecule has 4 heteroatoms. The predicted octanol–water partition coefficient (Wildman–Crippen LogP) is 2.74. The average molecular weight is 473 g/mol. The molecule has 2 nitrogen and oxygen atoms in total. The van der Waals surface area contributed by atoms with Crippen molar-refractivity contribution in [1.82, 2.24) is 0 Å². The molecule has 3 aromatic carbocycles. The van der Waals surface area contributed by atoms with Crippen LogP contribution in [0.2, 0.25) is 3.71 Å².